The van der Waals surface area contributed by atoms with Crippen molar-refractivity contribution >= 4 is 28.1 Å². The van der Waals surface area contributed by atoms with E-state index < -0.39 is 5.91 Å². The Hall–Kier alpha value is -2.41. The van der Waals surface area contributed by atoms with Crippen LogP contribution in [0, 0.1) is 0 Å². The third-order valence-corrected chi connectivity index (χ3v) is 3.01. The van der Waals surface area contributed by atoms with Crippen LogP contribution >= 0.6 is 15.9 Å². The number of hydrazone groups is 1. The predicted molar refractivity (Wildman–Crippen MR) is 81.7 cm³/mol. The van der Waals surface area contributed by atoms with Gasteiger partial charge in [0.05, 0.1) is 18.9 Å². The third-order valence-electron chi connectivity index (χ3n) is 2.57. The predicted octanol–water partition coefficient (Wildman–Crippen LogP) is 2.32. The Morgan fingerprint density at radius 1 is 1.43 bits per heavy atom. The van der Waals surface area contributed by atoms with Crippen molar-refractivity contribution in [2.24, 2.45) is 5.10 Å². The monoisotopic (exact) mass is 349 g/mol. The minimum Gasteiger partial charge on any atom is -0.507 e. The van der Waals surface area contributed by atoms with Crippen LogP contribution < -0.4 is 10.2 Å². The summed E-state index contributed by atoms with van der Waals surface area (Å²) in [5, 5.41) is 13.5. The topological polar surface area (TPSA) is 83.8 Å². The standard InChI is InChI=1S/C14H12BrN3O3/c1-21-12-2-3-13(19)9(5-12)7-17-18-14(20)10-4-11(15)8-16-6-10/h2-8,19H,1H3,(H,18,20)/b17-7-. The van der Waals surface area contributed by atoms with Crippen LogP contribution in [0.5, 0.6) is 11.5 Å². The molecule has 1 amide bonds. The van der Waals surface area contributed by atoms with Gasteiger partial charge in [-0.1, -0.05) is 0 Å². The number of phenols is 1. The normalized spacial score (nSPS) is 10.6. The van der Waals surface area contributed by atoms with Gasteiger partial charge in [-0.15, -0.1) is 0 Å². The lowest BCUT2D eigenvalue weighted by molar-refractivity contribution is 0.0954. The van der Waals surface area contributed by atoms with Gasteiger partial charge in [-0.25, -0.2) is 5.43 Å². The van der Waals surface area contributed by atoms with Crippen LogP contribution in [0.15, 0.2) is 46.2 Å². The number of nitrogens with one attached hydrogen (secondary N) is 1. The van der Waals surface area contributed by atoms with Crippen LogP contribution in [-0.4, -0.2) is 29.3 Å². The Morgan fingerprint density at radius 3 is 2.95 bits per heavy atom. The SMILES string of the molecule is COc1ccc(O)c(/C=N\NC(=O)c2cncc(Br)c2)c1. The summed E-state index contributed by atoms with van der Waals surface area (Å²) in [5.41, 5.74) is 3.16. The van der Waals surface area contributed by atoms with Crippen LogP contribution in [0.2, 0.25) is 0 Å². The van der Waals surface area contributed by atoms with Crippen molar-refractivity contribution in [1.29, 1.82) is 0 Å². The first-order valence-electron chi connectivity index (χ1n) is 5.91. The maximum absolute atomic E-state index is 11.8. The highest BCUT2D eigenvalue weighted by atomic mass is 79.9. The molecule has 7 heteroatoms. The van der Waals surface area contributed by atoms with E-state index in [0.29, 0.717) is 21.3 Å². The second-order valence-electron chi connectivity index (χ2n) is 4.02. The maximum atomic E-state index is 11.8. The number of carbonyl (C=O) groups is 1. The number of amides is 1. The molecule has 1 aromatic carbocycles. The molecule has 2 N–H and O–H groups in total. The summed E-state index contributed by atoms with van der Waals surface area (Å²) in [6, 6.07) is 6.34. The minimum atomic E-state index is -0.401. The number of phenolic OH excluding ortho intramolecular Hbond substituents is 1. The average molecular weight is 350 g/mol. The number of aromatic hydroxyl groups is 1. The van der Waals surface area contributed by atoms with Crippen LogP contribution in [0.1, 0.15) is 15.9 Å². The number of hydrogen-bond donors (Lipinski definition) is 2. The summed E-state index contributed by atoms with van der Waals surface area (Å²) in [6.07, 6.45) is 4.34. The van der Waals surface area contributed by atoms with Crippen LogP contribution in [0.25, 0.3) is 0 Å². The van der Waals surface area contributed by atoms with E-state index in [1.165, 1.54) is 25.6 Å². The summed E-state index contributed by atoms with van der Waals surface area (Å²) in [5.74, 6) is 0.220. The molecular weight excluding hydrogens is 338 g/mol. The number of hydrogen-bond acceptors (Lipinski definition) is 5. The van der Waals surface area contributed by atoms with Gasteiger partial charge in [0.2, 0.25) is 0 Å². The quantitative estimate of drug-likeness (QED) is 0.655. The second-order valence-corrected chi connectivity index (χ2v) is 4.93. The largest absolute Gasteiger partial charge is 0.507 e. The molecule has 21 heavy (non-hydrogen) atoms. The van der Waals surface area contributed by atoms with E-state index in [1.54, 1.807) is 24.4 Å². The first-order valence-corrected chi connectivity index (χ1v) is 6.70. The molecule has 0 aliphatic rings. The molecule has 1 aromatic heterocycles. The van der Waals surface area contributed by atoms with Gasteiger partial charge >= 0.3 is 0 Å². The zero-order valence-corrected chi connectivity index (χ0v) is 12.7. The summed E-state index contributed by atoms with van der Waals surface area (Å²) in [7, 11) is 1.52. The molecule has 0 fully saturated rings. The van der Waals surface area contributed by atoms with Gasteiger partial charge in [0.1, 0.15) is 11.5 Å². The fourth-order valence-electron chi connectivity index (χ4n) is 1.52. The molecule has 1 heterocycles. The van der Waals surface area contributed by atoms with E-state index in [-0.39, 0.29) is 5.75 Å². The molecule has 0 aliphatic carbocycles. The zero-order chi connectivity index (χ0) is 15.2. The lowest BCUT2D eigenvalue weighted by atomic mass is 10.2. The highest BCUT2D eigenvalue weighted by Crippen LogP contribution is 2.20. The lowest BCUT2D eigenvalue weighted by Crippen LogP contribution is -2.17. The first-order chi connectivity index (χ1) is 10.1. The van der Waals surface area contributed by atoms with Gasteiger partial charge in [0.25, 0.3) is 5.91 Å². The second kappa shape index (κ2) is 6.85. The van der Waals surface area contributed by atoms with Crippen molar-refractivity contribution in [2.75, 3.05) is 7.11 Å². The molecule has 2 rings (SSSR count). The maximum Gasteiger partial charge on any atom is 0.272 e. The van der Waals surface area contributed by atoms with Crippen molar-refractivity contribution in [3.8, 4) is 11.5 Å². The van der Waals surface area contributed by atoms with E-state index in [9.17, 15) is 9.90 Å². The smallest absolute Gasteiger partial charge is 0.272 e. The van der Waals surface area contributed by atoms with Crippen molar-refractivity contribution in [3.63, 3.8) is 0 Å². The molecule has 0 spiro atoms. The van der Waals surface area contributed by atoms with Gasteiger partial charge in [-0.05, 0) is 40.2 Å². The van der Waals surface area contributed by atoms with E-state index in [2.05, 4.69) is 31.4 Å². The van der Waals surface area contributed by atoms with E-state index in [1.807, 2.05) is 0 Å². The zero-order valence-electron chi connectivity index (χ0n) is 11.1. The van der Waals surface area contributed by atoms with Gasteiger partial charge in [0.15, 0.2) is 0 Å². The lowest BCUT2D eigenvalue weighted by Gasteiger charge is -2.03. The average Bonchev–Trinajstić information content (AvgIpc) is 2.49. The number of benzene rings is 1. The van der Waals surface area contributed by atoms with Crippen molar-refractivity contribution < 1.29 is 14.6 Å². The van der Waals surface area contributed by atoms with Crippen LogP contribution in [-0.2, 0) is 0 Å². The van der Waals surface area contributed by atoms with Crippen LogP contribution in [0.3, 0.4) is 0 Å². The molecular formula is C14H12BrN3O3. The number of ether oxygens (including phenoxy) is 1. The van der Waals surface area contributed by atoms with Gasteiger partial charge in [-0.3, -0.25) is 9.78 Å². The number of aromatic nitrogens is 1. The highest BCUT2D eigenvalue weighted by molar-refractivity contribution is 9.10. The van der Waals surface area contributed by atoms with Crippen molar-refractivity contribution in [3.05, 3.63) is 52.3 Å². The van der Waals surface area contributed by atoms with E-state index in [0.717, 1.165) is 0 Å². The molecule has 0 saturated carbocycles. The van der Waals surface area contributed by atoms with Gasteiger partial charge in [0, 0.05) is 22.4 Å². The molecule has 0 atom stereocenters. The molecule has 6 nitrogen and oxygen atoms in total. The molecule has 2 aromatic rings. The fraction of sp³-hybridized carbons (Fsp3) is 0.0714. The molecule has 0 aliphatic heterocycles. The summed E-state index contributed by atoms with van der Waals surface area (Å²) in [6.45, 7) is 0. The summed E-state index contributed by atoms with van der Waals surface area (Å²) < 4.78 is 5.74. The number of carbonyl (C=O) groups excluding carboxylic acids is 1. The minimum absolute atomic E-state index is 0.0397. The Labute approximate surface area is 129 Å². The molecule has 0 saturated heterocycles. The Kier molecular flexibility index (Phi) is 4.89. The Bertz CT molecular complexity index is 689. The number of nitrogens with zero attached hydrogens (tertiary/aromatic N) is 2. The summed E-state index contributed by atoms with van der Waals surface area (Å²) in [4.78, 5) is 15.7. The molecule has 108 valence electrons. The number of rotatable bonds is 4. The van der Waals surface area contributed by atoms with Crippen molar-refractivity contribution in [1.82, 2.24) is 10.4 Å². The van der Waals surface area contributed by atoms with Gasteiger partial charge in [-0.2, -0.15) is 5.10 Å². The Morgan fingerprint density at radius 2 is 2.24 bits per heavy atom. The summed E-state index contributed by atoms with van der Waals surface area (Å²) >= 11 is 3.23. The highest BCUT2D eigenvalue weighted by Gasteiger charge is 2.05. The van der Waals surface area contributed by atoms with Crippen molar-refractivity contribution in [2.45, 2.75) is 0 Å². The number of methoxy groups -OCH3 is 1. The fourth-order valence-corrected chi connectivity index (χ4v) is 1.89. The Balaban J connectivity index is 2.07. The van der Waals surface area contributed by atoms with Crippen LogP contribution in [0.4, 0.5) is 0 Å². The van der Waals surface area contributed by atoms with Gasteiger partial charge < -0.3 is 9.84 Å². The molecule has 0 radical (unpaired) electrons. The molecule has 0 bridgehead atoms. The number of pyridine rings is 1. The van der Waals surface area contributed by atoms with E-state index in [4.69, 9.17) is 4.74 Å². The third kappa shape index (κ3) is 4.03. The van der Waals surface area contributed by atoms with E-state index >= 15 is 0 Å². The molecule has 0 unspecified atom stereocenters. The number of halogens is 1. The first kappa shape index (κ1) is 15.0.